The van der Waals surface area contributed by atoms with Crippen molar-refractivity contribution in [3.8, 4) is 0 Å². The van der Waals surface area contributed by atoms with Crippen LogP contribution in [0.2, 0.25) is 0 Å². The van der Waals surface area contributed by atoms with Crippen LogP contribution in [0.5, 0.6) is 0 Å². The lowest BCUT2D eigenvalue weighted by atomic mass is 9.82. The van der Waals surface area contributed by atoms with Gasteiger partial charge in [0.25, 0.3) is 0 Å². The van der Waals surface area contributed by atoms with Crippen LogP contribution < -0.4 is 5.32 Å². The number of nitrogens with zero attached hydrogens (tertiary/aromatic N) is 1. The van der Waals surface area contributed by atoms with Gasteiger partial charge in [-0.25, -0.2) is 14.6 Å². The highest BCUT2D eigenvalue weighted by molar-refractivity contribution is 5.67. The minimum Gasteiger partial charge on any atom is -0.444 e. The molecule has 0 aromatic rings. The zero-order valence-corrected chi connectivity index (χ0v) is 12.1. The number of aliphatic imine (C=N–C) groups is 1. The van der Waals surface area contributed by atoms with Crippen LogP contribution in [0.1, 0.15) is 46.5 Å². The highest BCUT2D eigenvalue weighted by atomic mass is 16.6. The number of rotatable bonds is 4. The maximum atomic E-state index is 11.5. The highest BCUT2D eigenvalue weighted by Crippen LogP contribution is 2.28. The predicted molar refractivity (Wildman–Crippen MR) is 72.7 cm³/mol. The molecule has 1 rings (SSSR count). The van der Waals surface area contributed by atoms with E-state index in [0.29, 0.717) is 24.9 Å². The Kier molecular flexibility index (Phi) is 6.03. The number of hydrogen-bond donors (Lipinski definition) is 1. The number of isocyanates is 1. The third kappa shape index (κ3) is 6.97. The van der Waals surface area contributed by atoms with Gasteiger partial charge in [-0.05, 0) is 58.3 Å². The van der Waals surface area contributed by atoms with Gasteiger partial charge in [0.2, 0.25) is 6.08 Å². The molecule has 1 fully saturated rings. The minimum absolute atomic E-state index is 0.347. The standard InChI is InChI=1S/C14H24N2O3/c1-14(2,3)19-13(18)16-9-12-6-4-11(5-7-12)8-15-10-17/h11-12H,4-9H2,1-3H3,(H,16,18). The highest BCUT2D eigenvalue weighted by Gasteiger charge is 2.22. The number of nitrogens with one attached hydrogen (secondary N) is 1. The molecule has 108 valence electrons. The number of hydrogen-bond acceptors (Lipinski definition) is 4. The second kappa shape index (κ2) is 7.29. The fourth-order valence-corrected chi connectivity index (χ4v) is 2.33. The SMILES string of the molecule is CC(C)(C)OC(=O)NCC1CCC(CN=C=O)CC1. The monoisotopic (exact) mass is 268 g/mol. The molecule has 1 N–H and O–H groups in total. The van der Waals surface area contributed by atoms with Gasteiger partial charge in [-0.15, -0.1) is 0 Å². The van der Waals surface area contributed by atoms with Gasteiger partial charge in [-0.2, -0.15) is 0 Å². The maximum Gasteiger partial charge on any atom is 0.407 e. The van der Waals surface area contributed by atoms with Gasteiger partial charge in [-0.1, -0.05) is 0 Å². The summed E-state index contributed by atoms with van der Waals surface area (Å²) in [4.78, 5) is 25.2. The molecule has 5 nitrogen and oxygen atoms in total. The largest absolute Gasteiger partial charge is 0.444 e. The first-order valence-corrected chi connectivity index (χ1v) is 6.91. The van der Waals surface area contributed by atoms with E-state index in [1.807, 2.05) is 20.8 Å². The van der Waals surface area contributed by atoms with Gasteiger partial charge in [-0.3, -0.25) is 0 Å². The van der Waals surface area contributed by atoms with Crippen molar-refractivity contribution in [1.82, 2.24) is 5.32 Å². The topological polar surface area (TPSA) is 67.8 Å². The number of ether oxygens (including phenoxy) is 1. The Morgan fingerprint density at radius 2 is 1.84 bits per heavy atom. The zero-order chi connectivity index (χ0) is 14.3. The van der Waals surface area contributed by atoms with Crippen molar-refractivity contribution in [1.29, 1.82) is 0 Å². The lowest BCUT2D eigenvalue weighted by molar-refractivity contribution is 0.0513. The smallest absolute Gasteiger partial charge is 0.407 e. The Hall–Kier alpha value is -1.35. The van der Waals surface area contributed by atoms with Gasteiger partial charge < -0.3 is 10.1 Å². The van der Waals surface area contributed by atoms with Crippen LogP contribution in [0.15, 0.2) is 4.99 Å². The van der Waals surface area contributed by atoms with Crippen LogP contribution in [0.4, 0.5) is 4.79 Å². The summed E-state index contributed by atoms with van der Waals surface area (Å²) in [6.07, 6.45) is 5.49. The van der Waals surface area contributed by atoms with Crippen molar-refractivity contribution in [3.05, 3.63) is 0 Å². The lowest BCUT2D eigenvalue weighted by Gasteiger charge is -2.28. The summed E-state index contributed by atoms with van der Waals surface area (Å²) in [6.45, 7) is 6.82. The van der Waals surface area contributed by atoms with Gasteiger partial charge in [0, 0.05) is 6.54 Å². The van der Waals surface area contributed by atoms with E-state index in [9.17, 15) is 9.59 Å². The predicted octanol–water partition coefficient (Wildman–Crippen LogP) is 2.65. The fourth-order valence-electron chi connectivity index (χ4n) is 2.33. The molecule has 0 atom stereocenters. The third-order valence-corrected chi connectivity index (χ3v) is 3.31. The molecule has 1 aliphatic rings. The average Bonchev–Trinajstić information content (AvgIpc) is 2.33. The van der Waals surface area contributed by atoms with Crippen molar-refractivity contribution >= 4 is 12.2 Å². The Morgan fingerprint density at radius 1 is 1.26 bits per heavy atom. The fraction of sp³-hybridized carbons (Fsp3) is 0.857. The quantitative estimate of drug-likeness (QED) is 0.629. The summed E-state index contributed by atoms with van der Waals surface area (Å²) in [6, 6.07) is 0. The van der Waals surface area contributed by atoms with Crippen molar-refractivity contribution in [2.45, 2.75) is 52.1 Å². The minimum atomic E-state index is -0.450. The van der Waals surface area contributed by atoms with Gasteiger partial charge in [0.05, 0.1) is 6.54 Å². The molecule has 0 aromatic heterocycles. The summed E-state index contributed by atoms with van der Waals surface area (Å²) in [5, 5.41) is 2.82. The molecule has 0 aromatic carbocycles. The molecular weight excluding hydrogens is 244 g/mol. The van der Waals surface area contributed by atoms with E-state index in [-0.39, 0.29) is 6.09 Å². The van der Waals surface area contributed by atoms with E-state index in [2.05, 4.69) is 10.3 Å². The number of carbonyl (C=O) groups is 1. The van der Waals surface area contributed by atoms with Crippen LogP contribution in [-0.4, -0.2) is 30.9 Å². The van der Waals surface area contributed by atoms with Crippen molar-refractivity contribution in [2.24, 2.45) is 16.8 Å². The maximum absolute atomic E-state index is 11.5. The van der Waals surface area contributed by atoms with Crippen LogP contribution in [0.25, 0.3) is 0 Å². The van der Waals surface area contributed by atoms with Crippen molar-refractivity contribution < 1.29 is 14.3 Å². The van der Waals surface area contributed by atoms with Crippen LogP contribution in [0.3, 0.4) is 0 Å². The molecule has 1 aliphatic carbocycles. The van der Waals surface area contributed by atoms with E-state index in [1.54, 1.807) is 6.08 Å². The normalized spacial score (nSPS) is 23.3. The molecule has 5 heteroatoms. The summed E-state index contributed by atoms with van der Waals surface area (Å²) in [5.41, 5.74) is -0.450. The first-order chi connectivity index (χ1) is 8.90. The first kappa shape index (κ1) is 15.7. The van der Waals surface area contributed by atoms with E-state index in [1.165, 1.54) is 0 Å². The molecule has 19 heavy (non-hydrogen) atoms. The van der Waals surface area contributed by atoms with Crippen molar-refractivity contribution in [3.63, 3.8) is 0 Å². The van der Waals surface area contributed by atoms with Crippen LogP contribution in [0, 0.1) is 11.8 Å². The Morgan fingerprint density at radius 3 is 2.37 bits per heavy atom. The number of alkyl carbamates (subject to hydrolysis) is 1. The van der Waals surface area contributed by atoms with E-state index < -0.39 is 5.60 Å². The molecule has 0 heterocycles. The Balaban J connectivity index is 2.19. The van der Waals surface area contributed by atoms with Gasteiger partial charge in [0.1, 0.15) is 5.60 Å². The second-order valence-corrected chi connectivity index (χ2v) is 6.20. The molecule has 0 radical (unpaired) electrons. The average molecular weight is 268 g/mol. The Bertz CT molecular complexity index is 335. The summed E-state index contributed by atoms with van der Waals surface area (Å²) in [7, 11) is 0. The lowest BCUT2D eigenvalue weighted by Crippen LogP contribution is -2.36. The molecule has 0 aliphatic heterocycles. The van der Waals surface area contributed by atoms with E-state index >= 15 is 0 Å². The number of carbonyl (C=O) groups excluding carboxylic acids is 2. The molecule has 0 saturated heterocycles. The third-order valence-electron chi connectivity index (χ3n) is 3.31. The molecule has 0 unspecified atom stereocenters. The van der Waals surface area contributed by atoms with Gasteiger partial charge in [0.15, 0.2) is 0 Å². The number of amides is 1. The molecule has 0 spiro atoms. The zero-order valence-electron chi connectivity index (χ0n) is 12.1. The van der Waals surface area contributed by atoms with E-state index in [4.69, 9.17) is 4.74 Å². The van der Waals surface area contributed by atoms with Gasteiger partial charge >= 0.3 is 6.09 Å². The second-order valence-electron chi connectivity index (χ2n) is 6.20. The van der Waals surface area contributed by atoms with E-state index in [0.717, 1.165) is 25.7 Å². The summed E-state index contributed by atoms with van der Waals surface area (Å²) < 4.78 is 5.19. The molecular formula is C14H24N2O3. The van der Waals surface area contributed by atoms with Crippen molar-refractivity contribution in [2.75, 3.05) is 13.1 Å². The molecule has 0 bridgehead atoms. The van der Waals surface area contributed by atoms with Crippen LogP contribution in [-0.2, 0) is 9.53 Å². The Labute approximate surface area is 114 Å². The summed E-state index contributed by atoms with van der Waals surface area (Å²) >= 11 is 0. The molecule has 1 amide bonds. The summed E-state index contributed by atoms with van der Waals surface area (Å²) in [5.74, 6) is 1.00. The first-order valence-electron chi connectivity index (χ1n) is 6.91. The van der Waals surface area contributed by atoms with Crippen LogP contribution >= 0.6 is 0 Å². The molecule has 1 saturated carbocycles.